The summed E-state index contributed by atoms with van der Waals surface area (Å²) in [6.45, 7) is 2.16. The van der Waals surface area contributed by atoms with Gasteiger partial charge in [0.05, 0.1) is 23.7 Å². The number of carbonyl (C=O) groups excluding carboxylic acids is 2. The number of amides is 1. The van der Waals surface area contributed by atoms with Crippen LogP contribution in [0, 0.1) is 5.82 Å². The van der Waals surface area contributed by atoms with E-state index in [0.29, 0.717) is 6.42 Å². The van der Waals surface area contributed by atoms with Gasteiger partial charge in [0.25, 0.3) is 5.91 Å². The van der Waals surface area contributed by atoms with Gasteiger partial charge in [-0.3, -0.25) is 4.79 Å². The summed E-state index contributed by atoms with van der Waals surface area (Å²) in [5.74, 6) is -2.47. The van der Waals surface area contributed by atoms with E-state index < -0.39 is 39.9 Å². The molecule has 0 spiro atoms. The molecule has 0 bridgehead atoms. The molecule has 1 fully saturated rings. The van der Waals surface area contributed by atoms with Gasteiger partial charge in [0.1, 0.15) is 5.82 Å². The van der Waals surface area contributed by atoms with Gasteiger partial charge in [0, 0.05) is 24.8 Å². The molecule has 0 aromatic heterocycles. The zero-order valence-electron chi connectivity index (χ0n) is 17.5. The molecule has 2 aliphatic rings. The molecule has 2 aromatic rings. The molecule has 10 heteroatoms. The molecule has 0 N–H and O–H groups in total. The molecule has 0 radical (unpaired) electrons. The fourth-order valence-electron chi connectivity index (χ4n) is 3.98. The summed E-state index contributed by atoms with van der Waals surface area (Å²) in [5, 5.41) is 0. The van der Waals surface area contributed by atoms with Crippen LogP contribution in [0.15, 0.2) is 47.4 Å². The lowest BCUT2D eigenvalue weighted by molar-refractivity contribution is -0.122. The Morgan fingerprint density at radius 2 is 1.88 bits per heavy atom. The number of anilines is 1. The molecule has 1 atom stereocenters. The van der Waals surface area contributed by atoms with Gasteiger partial charge < -0.3 is 14.4 Å². The summed E-state index contributed by atoms with van der Waals surface area (Å²) in [6, 6.07) is 10.3. The molecule has 8 nitrogen and oxygen atoms in total. The minimum atomic E-state index is -3.92. The van der Waals surface area contributed by atoms with Crippen LogP contribution in [0.25, 0.3) is 0 Å². The molecule has 0 aliphatic carbocycles. The zero-order chi connectivity index (χ0) is 22.9. The number of sulfonamides is 1. The smallest absolute Gasteiger partial charge is 0.341 e. The van der Waals surface area contributed by atoms with Crippen molar-refractivity contribution in [2.24, 2.45) is 0 Å². The van der Waals surface area contributed by atoms with E-state index in [1.165, 1.54) is 4.31 Å². The molecule has 1 unspecified atom stereocenters. The molecule has 2 aromatic carbocycles. The normalized spacial score (nSPS) is 18.9. The molecule has 2 heterocycles. The van der Waals surface area contributed by atoms with E-state index in [9.17, 15) is 22.4 Å². The fourth-order valence-corrected chi connectivity index (χ4v) is 5.41. The van der Waals surface area contributed by atoms with Crippen molar-refractivity contribution >= 4 is 27.6 Å². The summed E-state index contributed by atoms with van der Waals surface area (Å²) in [5.41, 5.74) is 1.24. The van der Waals surface area contributed by atoms with Crippen molar-refractivity contribution in [3.05, 3.63) is 59.4 Å². The average Bonchev–Trinajstić information content (AvgIpc) is 3.13. The van der Waals surface area contributed by atoms with Gasteiger partial charge in [-0.1, -0.05) is 18.2 Å². The number of carbonyl (C=O) groups is 2. The quantitative estimate of drug-likeness (QED) is 0.631. The Balaban J connectivity index is 1.48. The maximum absolute atomic E-state index is 14.3. The minimum absolute atomic E-state index is 0.0997. The standard InChI is InChI=1S/C22H23FN2O6S/c1-15-12-16-4-2-3-5-20(16)25(15)21(26)14-31-22(27)18-13-17(6-7-19(18)23)32(28,29)24-8-10-30-11-9-24/h2-7,13,15H,8-12,14H2,1H3. The zero-order valence-corrected chi connectivity index (χ0v) is 18.3. The minimum Gasteiger partial charge on any atom is -0.452 e. The van der Waals surface area contributed by atoms with Crippen molar-refractivity contribution in [3.8, 4) is 0 Å². The van der Waals surface area contributed by atoms with E-state index in [4.69, 9.17) is 9.47 Å². The summed E-state index contributed by atoms with van der Waals surface area (Å²) in [7, 11) is -3.92. The first-order valence-corrected chi connectivity index (χ1v) is 11.7. The Morgan fingerprint density at radius 3 is 2.62 bits per heavy atom. The summed E-state index contributed by atoms with van der Waals surface area (Å²) in [4.78, 5) is 26.6. The highest BCUT2D eigenvalue weighted by Crippen LogP contribution is 2.31. The van der Waals surface area contributed by atoms with E-state index in [1.807, 2.05) is 31.2 Å². The number of esters is 1. The number of para-hydroxylation sites is 1. The fraction of sp³-hybridized carbons (Fsp3) is 0.364. The molecule has 2 aliphatic heterocycles. The Hall–Kier alpha value is -2.82. The van der Waals surface area contributed by atoms with Crippen LogP contribution in [0.2, 0.25) is 0 Å². The predicted molar refractivity (Wildman–Crippen MR) is 113 cm³/mol. The summed E-state index contributed by atoms with van der Waals surface area (Å²) >= 11 is 0. The second-order valence-corrected chi connectivity index (χ2v) is 9.62. The lowest BCUT2D eigenvalue weighted by Crippen LogP contribution is -2.40. The first kappa shape index (κ1) is 22.4. The van der Waals surface area contributed by atoms with Gasteiger partial charge in [-0.25, -0.2) is 17.6 Å². The lowest BCUT2D eigenvalue weighted by Gasteiger charge is -2.26. The van der Waals surface area contributed by atoms with Crippen molar-refractivity contribution in [1.29, 1.82) is 0 Å². The third kappa shape index (κ3) is 4.25. The summed E-state index contributed by atoms with van der Waals surface area (Å²) in [6.07, 6.45) is 0.686. The van der Waals surface area contributed by atoms with Crippen molar-refractivity contribution in [1.82, 2.24) is 4.31 Å². The first-order chi connectivity index (χ1) is 15.3. The monoisotopic (exact) mass is 462 g/mol. The highest BCUT2D eigenvalue weighted by Gasteiger charge is 2.32. The van der Waals surface area contributed by atoms with Gasteiger partial charge in [0.2, 0.25) is 10.0 Å². The highest BCUT2D eigenvalue weighted by atomic mass is 32.2. The molecule has 170 valence electrons. The molecule has 1 amide bonds. The highest BCUT2D eigenvalue weighted by molar-refractivity contribution is 7.89. The number of morpholine rings is 1. The van der Waals surface area contributed by atoms with Crippen molar-refractivity contribution in [3.63, 3.8) is 0 Å². The van der Waals surface area contributed by atoms with Gasteiger partial charge in [-0.2, -0.15) is 4.31 Å². The number of fused-ring (bicyclic) bond motifs is 1. The third-order valence-corrected chi connectivity index (χ3v) is 7.46. The Labute approximate surface area is 185 Å². The van der Waals surface area contributed by atoms with E-state index in [0.717, 1.165) is 29.4 Å². The predicted octanol–water partition coefficient (Wildman–Crippen LogP) is 1.98. The van der Waals surface area contributed by atoms with Crippen molar-refractivity contribution in [2.45, 2.75) is 24.3 Å². The maximum atomic E-state index is 14.3. The topological polar surface area (TPSA) is 93.2 Å². The Bertz CT molecular complexity index is 1150. The second-order valence-electron chi connectivity index (χ2n) is 7.68. The number of halogens is 1. The van der Waals surface area contributed by atoms with Crippen molar-refractivity contribution < 1.29 is 31.9 Å². The van der Waals surface area contributed by atoms with Crippen molar-refractivity contribution in [2.75, 3.05) is 37.8 Å². The number of ether oxygens (including phenoxy) is 2. The lowest BCUT2D eigenvalue weighted by atomic mass is 10.1. The molecule has 1 saturated heterocycles. The largest absolute Gasteiger partial charge is 0.452 e. The van der Waals surface area contributed by atoms with E-state index in [2.05, 4.69) is 0 Å². The number of nitrogens with zero attached hydrogens (tertiary/aromatic N) is 2. The molecule has 4 rings (SSSR count). The number of hydrogen-bond acceptors (Lipinski definition) is 6. The summed E-state index contributed by atoms with van der Waals surface area (Å²) < 4.78 is 51.4. The van der Waals surface area contributed by atoms with Crippen LogP contribution >= 0.6 is 0 Å². The van der Waals surface area contributed by atoms with Crippen LogP contribution in [0.4, 0.5) is 10.1 Å². The Kier molecular flexibility index (Phi) is 6.27. The second kappa shape index (κ2) is 8.97. The average molecular weight is 462 g/mol. The molecule has 0 saturated carbocycles. The molecule has 32 heavy (non-hydrogen) atoms. The van der Waals surface area contributed by atoms with Gasteiger partial charge in [-0.15, -0.1) is 0 Å². The SMILES string of the molecule is CC1Cc2ccccc2N1C(=O)COC(=O)c1cc(S(=O)(=O)N2CCOCC2)ccc1F. The van der Waals surface area contributed by atoms with Crippen LogP contribution in [0.5, 0.6) is 0 Å². The maximum Gasteiger partial charge on any atom is 0.341 e. The van der Waals surface area contributed by atoms with E-state index >= 15 is 0 Å². The van der Waals surface area contributed by atoms with Crippen LogP contribution < -0.4 is 4.90 Å². The van der Waals surface area contributed by atoms with Crippen LogP contribution in [0.3, 0.4) is 0 Å². The van der Waals surface area contributed by atoms with Crippen LogP contribution in [0.1, 0.15) is 22.8 Å². The third-order valence-electron chi connectivity index (χ3n) is 5.57. The van der Waals surface area contributed by atoms with Gasteiger partial charge in [-0.05, 0) is 43.2 Å². The Morgan fingerprint density at radius 1 is 1.16 bits per heavy atom. The van der Waals surface area contributed by atoms with Gasteiger partial charge >= 0.3 is 5.97 Å². The number of rotatable bonds is 5. The number of hydrogen-bond donors (Lipinski definition) is 0. The van der Waals surface area contributed by atoms with Gasteiger partial charge in [0.15, 0.2) is 6.61 Å². The van der Waals surface area contributed by atoms with E-state index in [1.54, 1.807) is 4.90 Å². The van der Waals surface area contributed by atoms with Crippen LogP contribution in [-0.2, 0) is 30.7 Å². The molecular weight excluding hydrogens is 439 g/mol. The van der Waals surface area contributed by atoms with E-state index in [-0.39, 0.29) is 37.2 Å². The molecular formula is C22H23FN2O6S. The van der Waals surface area contributed by atoms with Crippen LogP contribution in [-0.4, -0.2) is 63.6 Å². The first-order valence-electron chi connectivity index (χ1n) is 10.2. The number of benzene rings is 2.